The number of para-hydroxylation sites is 1. The van der Waals surface area contributed by atoms with Crippen LogP contribution in [0.1, 0.15) is 15.2 Å². The van der Waals surface area contributed by atoms with Crippen LogP contribution in [-0.2, 0) is 0 Å². The molecule has 0 atom stereocenters. The van der Waals surface area contributed by atoms with E-state index in [-0.39, 0.29) is 5.91 Å². The predicted octanol–water partition coefficient (Wildman–Crippen LogP) is 5.10. The molecule has 0 aliphatic carbocycles. The van der Waals surface area contributed by atoms with Crippen molar-refractivity contribution in [1.29, 1.82) is 0 Å². The molecule has 0 N–H and O–H groups in total. The van der Waals surface area contributed by atoms with E-state index in [0.29, 0.717) is 10.7 Å². The zero-order valence-corrected chi connectivity index (χ0v) is 17.1. The molecule has 0 saturated heterocycles. The van der Waals surface area contributed by atoms with Crippen LogP contribution in [0.5, 0.6) is 0 Å². The Morgan fingerprint density at radius 1 is 1.04 bits per heavy atom. The Morgan fingerprint density at radius 2 is 1.82 bits per heavy atom. The van der Waals surface area contributed by atoms with E-state index >= 15 is 0 Å². The van der Waals surface area contributed by atoms with E-state index in [1.54, 1.807) is 17.6 Å². The number of carbonyl (C=O) groups excluding carboxylic acids is 1. The molecule has 7 heteroatoms. The molecule has 4 aromatic rings. The summed E-state index contributed by atoms with van der Waals surface area (Å²) in [5.41, 5.74) is 2.45. The third kappa shape index (κ3) is 3.81. The lowest BCUT2D eigenvalue weighted by Crippen LogP contribution is -2.25. The van der Waals surface area contributed by atoms with Gasteiger partial charge < -0.3 is 4.90 Å². The van der Waals surface area contributed by atoms with Gasteiger partial charge in [0.2, 0.25) is 5.13 Å². The number of thiazole rings is 1. The first-order chi connectivity index (χ1) is 13.6. The molecule has 2 heterocycles. The summed E-state index contributed by atoms with van der Waals surface area (Å²) in [6.07, 6.45) is 1.70. The third-order valence-corrected chi connectivity index (χ3v) is 5.95. The molecular weight excluding hydrogens is 388 g/mol. The lowest BCUT2D eigenvalue weighted by molar-refractivity contribution is 0.0988. The summed E-state index contributed by atoms with van der Waals surface area (Å²) < 4.78 is 1.02. The second kappa shape index (κ2) is 7.92. The highest BCUT2D eigenvalue weighted by atomic mass is 32.1. The molecule has 2 aromatic carbocycles. The maximum atomic E-state index is 13.2. The van der Waals surface area contributed by atoms with Gasteiger partial charge in [-0.15, -0.1) is 11.3 Å². The van der Waals surface area contributed by atoms with Crippen LogP contribution in [0.4, 0.5) is 10.8 Å². The standard InChI is InChI=1S/C21H18N4OS2/c1-24(2)16-11-9-15(10-12-16)20(26)25(22-14-17-6-5-13-27-17)21-23-18-7-3-4-8-19(18)28-21/h3-14H,1-2H3/b22-14-. The predicted molar refractivity (Wildman–Crippen MR) is 119 cm³/mol. The zero-order valence-electron chi connectivity index (χ0n) is 15.4. The van der Waals surface area contributed by atoms with E-state index in [9.17, 15) is 4.79 Å². The fraction of sp³-hybridized carbons (Fsp3) is 0.0952. The van der Waals surface area contributed by atoms with Gasteiger partial charge in [0, 0.05) is 30.2 Å². The summed E-state index contributed by atoms with van der Waals surface area (Å²) in [6.45, 7) is 0. The van der Waals surface area contributed by atoms with Crippen molar-refractivity contribution in [2.24, 2.45) is 5.10 Å². The summed E-state index contributed by atoms with van der Waals surface area (Å²) in [6, 6.07) is 19.2. The van der Waals surface area contributed by atoms with Gasteiger partial charge in [-0.1, -0.05) is 29.5 Å². The molecule has 4 rings (SSSR count). The lowest BCUT2D eigenvalue weighted by Gasteiger charge is -2.15. The van der Waals surface area contributed by atoms with Crippen LogP contribution >= 0.6 is 22.7 Å². The number of nitrogens with zero attached hydrogens (tertiary/aromatic N) is 4. The van der Waals surface area contributed by atoms with Crippen LogP contribution in [0.3, 0.4) is 0 Å². The Hall–Kier alpha value is -3.03. The van der Waals surface area contributed by atoms with Crippen molar-refractivity contribution in [2.45, 2.75) is 0 Å². The first-order valence-corrected chi connectivity index (χ1v) is 10.4. The smallest absolute Gasteiger partial charge is 0.280 e. The van der Waals surface area contributed by atoms with Gasteiger partial charge in [0.15, 0.2) is 0 Å². The number of thiophene rings is 1. The van der Waals surface area contributed by atoms with Crippen LogP contribution in [0, 0.1) is 0 Å². The van der Waals surface area contributed by atoms with E-state index < -0.39 is 0 Å². The van der Waals surface area contributed by atoms with Crippen LogP contribution in [0.2, 0.25) is 0 Å². The Balaban J connectivity index is 1.72. The average Bonchev–Trinajstić information content (AvgIpc) is 3.37. The van der Waals surface area contributed by atoms with Crippen LogP contribution < -0.4 is 9.91 Å². The minimum atomic E-state index is -0.211. The maximum absolute atomic E-state index is 13.2. The second-order valence-corrected chi connectivity index (χ2v) is 8.27. The highest BCUT2D eigenvalue weighted by molar-refractivity contribution is 7.22. The van der Waals surface area contributed by atoms with Crippen molar-refractivity contribution in [2.75, 3.05) is 24.0 Å². The second-order valence-electron chi connectivity index (χ2n) is 6.28. The molecule has 2 aromatic heterocycles. The Morgan fingerprint density at radius 3 is 2.50 bits per heavy atom. The number of aromatic nitrogens is 1. The molecule has 0 radical (unpaired) electrons. The SMILES string of the molecule is CN(C)c1ccc(C(=O)N(/N=C\c2cccs2)c2nc3ccccc3s2)cc1. The largest absolute Gasteiger partial charge is 0.378 e. The average molecular weight is 407 g/mol. The van der Waals surface area contributed by atoms with Gasteiger partial charge in [-0.2, -0.15) is 10.1 Å². The van der Waals surface area contributed by atoms with E-state index in [0.717, 1.165) is 20.8 Å². The molecule has 1 amide bonds. The molecular formula is C21H18N4OS2. The van der Waals surface area contributed by atoms with Crippen molar-refractivity contribution in [3.8, 4) is 0 Å². The number of amides is 1. The Bertz CT molecular complexity index is 1080. The minimum Gasteiger partial charge on any atom is -0.378 e. The van der Waals surface area contributed by atoms with E-state index in [1.807, 2.05) is 85.0 Å². The lowest BCUT2D eigenvalue weighted by atomic mass is 10.2. The Kier molecular flexibility index (Phi) is 5.18. The van der Waals surface area contributed by atoms with E-state index in [4.69, 9.17) is 0 Å². The molecule has 0 spiro atoms. The summed E-state index contributed by atoms with van der Waals surface area (Å²) >= 11 is 3.02. The quantitative estimate of drug-likeness (QED) is 0.342. The highest BCUT2D eigenvalue weighted by Crippen LogP contribution is 2.30. The molecule has 0 aliphatic heterocycles. The van der Waals surface area contributed by atoms with Crippen molar-refractivity contribution in [1.82, 2.24) is 4.98 Å². The number of benzene rings is 2. The summed E-state index contributed by atoms with van der Waals surface area (Å²) in [5.74, 6) is -0.211. The van der Waals surface area contributed by atoms with Gasteiger partial charge in [-0.25, -0.2) is 4.98 Å². The minimum absolute atomic E-state index is 0.211. The molecule has 0 aliphatic rings. The van der Waals surface area contributed by atoms with Crippen molar-refractivity contribution < 1.29 is 4.79 Å². The van der Waals surface area contributed by atoms with Crippen molar-refractivity contribution in [3.63, 3.8) is 0 Å². The zero-order chi connectivity index (χ0) is 19.5. The normalized spacial score (nSPS) is 11.2. The Labute approximate surface area is 171 Å². The molecule has 0 unspecified atom stereocenters. The van der Waals surface area contributed by atoms with Crippen LogP contribution in [0.15, 0.2) is 71.1 Å². The van der Waals surface area contributed by atoms with Gasteiger partial charge in [0.1, 0.15) is 0 Å². The monoisotopic (exact) mass is 406 g/mol. The molecule has 140 valence electrons. The van der Waals surface area contributed by atoms with Crippen LogP contribution in [-0.4, -0.2) is 31.2 Å². The van der Waals surface area contributed by atoms with Crippen LogP contribution in [0.25, 0.3) is 10.2 Å². The number of hydrogen-bond donors (Lipinski definition) is 0. The summed E-state index contributed by atoms with van der Waals surface area (Å²) in [5, 5.41) is 8.39. The number of anilines is 2. The molecule has 28 heavy (non-hydrogen) atoms. The number of fused-ring (bicyclic) bond motifs is 1. The topological polar surface area (TPSA) is 48.8 Å². The summed E-state index contributed by atoms with van der Waals surface area (Å²) in [4.78, 5) is 20.8. The highest BCUT2D eigenvalue weighted by Gasteiger charge is 2.21. The summed E-state index contributed by atoms with van der Waals surface area (Å²) in [7, 11) is 3.94. The first-order valence-electron chi connectivity index (χ1n) is 8.67. The first kappa shape index (κ1) is 18.3. The molecule has 0 fully saturated rings. The molecule has 0 saturated carbocycles. The fourth-order valence-corrected chi connectivity index (χ4v) is 4.14. The van der Waals surface area contributed by atoms with Crippen molar-refractivity contribution >= 4 is 55.8 Å². The van der Waals surface area contributed by atoms with Gasteiger partial charge in [0.25, 0.3) is 5.91 Å². The van der Waals surface area contributed by atoms with Gasteiger partial charge in [0.05, 0.1) is 16.4 Å². The third-order valence-electron chi connectivity index (χ3n) is 4.13. The van der Waals surface area contributed by atoms with Gasteiger partial charge in [-0.05, 0) is 47.8 Å². The molecule has 5 nitrogen and oxygen atoms in total. The number of rotatable bonds is 5. The fourth-order valence-electron chi connectivity index (χ4n) is 2.64. The molecule has 0 bridgehead atoms. The number of hydrazone groups is 1. The number of carbonyl (C=O) groups is 1. The van der Waals surface area contributed by atoms with Crippen molar-refractivity contribution in [3.05, 3.63) is 76.5 Å². The maximum Gasteiger partial charge on any atom is 0.280 e. The van der Waals surface area contributed by atoms with E-state index in [2.05, 4.69) is 10.1 Å². The number of hydrogen-bond acceptors (Lipinski definition) is 6. The van der Waals surface area contributed by atoms with Gasteiger partial charge in [-0.3, -0.25) is 4.79 Å². The van der Waals surface area contributed by atoms with Gasteiger partial charge >= 0.3 is 0 Å². The van der Waals surface area contributed by atoms with E-state index in [1.165, 1.54) is 16.3 Å².